The Kier molecular flexibility index (Phi) is 7.12. The first-order chi connectivity index (χ1) is 18.5. The van der Waals surface area contributed by atoms with Crippen LogP contribution in [0.15, 0.2) is 47.1 Å². The molecule has 39 heavy (non-hydrogen) atoms. The van der Waals surface area contributed by atoms with Crippen molar-refractivity contribution in [2.24, 2.45) is 28.6 Å². The van der Waals surface area contributed by atoms with Crippen LogP contribution in [-0.2, 0) is 19.1 Å². The largest absolute Gasteiger partial charge is 0.458 e. The minimum Gasteiger partial charge on any atom is -0.458 e. The molecule has 1 unspecified atom stereocenters. The molecule has 5 heteroatoms. The number of fused-ring (bicyclic) bond motifs is 4. The maximum Gasteiger partial charge on any atom is 0.303 e. The van der Waals surface area contributed by atoms with Gasteiger partial charge < -0.3 is 9.64 Å². The van der Waals surface area contributed by atoms with Crippen molar-refractivity contribution in [1.82, 2.24) is 0 Å². The van der Waals surface area contributed by atoms with E-state index in [0.717, 1.165) is 31.4 Å². The van der Waals surface area contributed by atoms with Gasteiger partial charge in [-0.15, -0.1) is 5.92 Å². The van der Waals surface area contributed by atoms with Crippen molar-refractivity contribution in [3.05, 3.63) is 52.6 Å². The van der Waals surface area contributed by atoms with E-state index < -0.39 is 11.4 Å². The summed E-state index contributed by atoms with van der Waals surface area (Å²) in [5, 5.41) is 0. The van der Waals surface area contributed by atoms with Crippen molar-refractivity contribution < 1.29 is 19.1 Å². The highest BCUT2D eigenvalue weighted by atomic mass is 16.5. The van der Waals surface area contributed by atoms with Crippen molar-refractivity contribution in [3.8, 4) is 11.8 Å². The predicted octanol–water partition coefficient (Wildman–Crippen LogP) is 6.04. The first-order valence-electron chi connectivity index (χ1n) is 14.4. The minimum absolute atomic E-state index is 0.0671. The Morgan fingerprint density at radius 2 is 1.87 bits per heavy atom. The van der Waals surface area contributed by atoms with Crippen LogP contribution in [0.2, 0.25) is 0 Å². The fraction of sp³-hybridized carbons (Fsp3) is 0.559. The van der Waals surface area contributed by atoms with Crippen molar-refractivity contribution in [1.29, 1.82) is 0 Å². The van der Waals surface area contributed by atoms with E-state index in [4.69, 9.17) is 4.74 Å². The van der Waals surface area contributed by atoms with Crippen LogP contribution < -0.4 is 4.90 Å². The molecule has 0 amide bonds. The van der Waals surface area contributed by atoms with Gasteiger partial charge in [-0.25, -0.2) is 0 Å². The number of Topliss-reactive ketones (excluding diaryl/α,β-unsaturated/α-hetero) is 1. The number of anilines is 1. The maximum atomic E-state index is 13.9. The number of ketones is 2. The van der Waals surface area contributed by atoms with E-state index in [2.05, 4.69) is 54.9 Å². The van der Waals surface area contributed by atoms with E-state index in [1.54, 1.807) is 0 Å². The van der Waals surface area contributed by atoms with Crippen molar-refractivity contribution >= 4 is 23.2 Å². The number of hydrogen-bond acceptors (Lipinski definition) is 5. The number of hydrogen-bond donors (Lipinski definition) is 0. The van der Waals surface area contributed by atoms with Gasteiger partial charge in [-0.2, -0.15) is 0 Å². The number of esters is 1. The molecule has 2 fully saturated rings. The van der Waals surface area contributed by atoms with Gasteiger partial charge in [0, 0.05) is 39.0 Å². The predicted molar refractivity (Wildman–Crippen MR) is 153 cm³/mol. The fourth-order valence-electron chi connectivity index (χ4n) is 8.52. The summed E-state index contributed by atoms with van der Waals surface area (Å²) >= 11 is 0. The monoisotopic (exact) mass is 527 g/mol. The standard InChI is InChI=1S/C34H41NO4/c1-7-15-34(31(38)20-39-22(3)36)16-14-30-28-17-21(2)27-18-25(37)12-13-26(27)32(28)29(19-33(30,34)4)23-8-10-24(11-9-23)35(5)6/h8-11,18,21,28-30H,12-14,16-17,19-20H2,1-6H3/t21?,28-,29+,30-,33-,34+/m0/s1. The summed E-state index contributed by atoms with van der Waals surface area (Å²) in [4.78, 5) is 40.1. The number of benzene rings is 1. The van der Waals surface area contributed by atoms with Gasteiger partial charge in [0.25, 0.3) is 0 Å². The van der Waals surface area contributed by atoms with Gasteiger partial charge in [0.05, 0.1) is 5.41 Å². The van der Waals surface area contributed by atoms with Crippen LogP contribution in [0, 0.1) is 40.4 Å². The van der Waals surface area contributed by atoms with Crippen LogP contribution in [0.5, 0.6) is 0 Å². The second-order valence-corrected chi connectivity index (χ2v) is 12.5. The number of ether oxygens (including phenoxy) is 1. The Balaban J connectivity index is 1.68. The highest BCUT2D eigenvalue weighted by Crippen LogP contribution is 2.70. The Morgan fingerprint density at radius 3 is 2.51 bits per heavy atom. The zero-order valence-electron chi connectivity index (χ0n) is 24.2. The van der Waals surface area contributed by atoms with Crippen LogP contribution in [0.1, 0.15) is 77.7 Å². The third-order valence-electron chi connectivity index (χ3n) is 10.3. The Labute approximate surface area is 233 Å². The van der Waals surface area contributed by atoms with Gasteiger partial charge >= 0.3 is 5.97 Å². The minimum atomic E-state index is -0.845. The molecule has 4 aliphatic rings. The normalized spacial score (nSPS) is 33.2. The molecule has 1 aromatic carbocycles. The number of nitrogens with zero attached hydrogens (tertiary/aromatic N) is 1. The zero-order chi connectivity index (χ0) is 28.1. The van der Waals surface area contributed by atoms with Crippen LogP contribution in [0.25, 0.3) is 0 Å². The molecule has 5 rings (SSSR count). The topological polar surface area (TPSA) is 63.7 Å². The van der Waals surface area contributed by atoms with Crippen LogP contribution in [0.3, 0.4) is 0 Å². The Bertz CT molecular complexity index is 1320. The summed E-state index contributed by atoms with van der Waals surface area (Å²) in [6.07, 6.45) is 6.70. The third-order valence-corrected chi connectivity index (χ3v) is 10.3. The lowest BCUT2D eigenvalue weighted by atomic mass is 9.47. The number of allylic oxidation sites excluding steroid dienone is 4. The summed E-state index contributed by atoms with van der Waals surface area (Å²) in [6, 6.07) is 8.84. The highest BCUT2D eigenvalue weighted by Gasteiger charge is 2.65. The van der Waals surface area contributed by atoms with E-state index >= 15 is 0 Å². The zero-order valence-corrected chi connectivity index (χ0v) is 24.2. The molecule has 0 spiro atoms. The molecule has 0 aliphatic heterocycles. The molecule has 2 saturated carbocycles. The number of rotatable bonds is 5. The molecule has 206 valence electrons. The van der Waals surface area contributed by atoms with Gasteiger partial charge in [0.15, 0.2) is 18.2 Å². The Hall–Kier alpha value is -3.13. The molecule has 0 aromatic heterocycles. The van der Waals surface area contributed by atoms with Crippen molar-refractivity contribution in [3.63, 3.8) is 0 Å². The summed E-state index contributed by atoms with van der Waals surface area (Å²) in [5.41, 5.74) is 5.33. The lowest BCUT2D eigenvalue weighted by Gasteiger charge is -2.55. The van der Waals surface area contributed by atoms with E-state index in [0.29, 0.717) is 30.6 Å². The van der Waals surface area contributed by atoms with Crippen molar-refractivity contribution in [2.75, 3.05) is 25.6 Å². The van der Waals surface area contributed by atoms with E-state index in [9.17, 15) is 14.4 Å². The lowest BCUT2D eigenvalue weighted by Crippen LogP contribution is -2.52. The number of carbonyl (C=O) groups excluding carboxylic acids is 3. The third kappa shape index (κ3) is 4.37. The molecule has 1 aromatic rings. The molecule has 0 heterocycles. The highest BCUT2D eigenvalue weighted by molar-refractivity contribution is 5.93. The van der Waals surface area contributed by atoms with Gasteiger partial charge in [-0.3, -0.25) is 14.4 Å². The SMILES string of the molecule is CC#C[C@]1(C(=O)COC(C)=O)CC[C@H]2[C@@H]3CC(C)C4=CC(=O)CCC4=C3[C@@H](c3ccc(N(C)C)cc3)C[C@@]21C. The summed E-state index contributed by atoms with van der Waals surface area (Å²) < 4.78 is 5.25. The molecular weight excluding hydrogens is 486 g/mol. The summed E-state index contributed by atoms with van der Waals surface area (Å²) in [5.74, 6) is 7.34. The van der Waals surface area contributed by atoms with E-state index in [-0.39, 0.29) is 29.5 Å². The van der Waals surface area contributed by atoms with Crippen molar-refractivity contribution in [2.45, 2.75) is 72.1 Å². The van der Waals surface area contributed by atoms with E-state index in [1.807, 2.05) is 27.1 Å². The number of carbonyl (C=O) groups is 3. The van der Waals surface area contributed by atoms with Crippen LogP contribution >= 0.6 is 0 Å². The lowest BCUT2D eigenvalue weighted by molar-refractivity contribution is -0.150. The summed E-state index contributed by atoms with van der Waals surface area (Å²) in [7, 11) is 4.09. The summed E-state index contributed by atoms with van der Waals surface area (Å²) in [6.45, 7) is 7.47. The van der Waals surface area contributed by atoms with Gasteiger partial charge in [0.2, 0.25) is 0 Å². The fourth-order valence-corrected chi connectivity index (χ4v) is 8.52. The van der Waals surface area contributed by atoms with Crippen LogP contribution in [0.4, 0.5) is 5.69 Å². The first-order valence-corrected chi connectivity index (χ1v) is 14.4. The average molecular weight is 528 g/mol. The van der Waals surface area contributed by atoms with E-state index in [1.165, 1.54) is 29.2 Å². The molecule has 4 aliphatic carbocycles. The van der Waals surface area contributed by atoms with Gasteiger partial charge in [0.1, 0.15) is 0 Å². The molecular formula is C34H41NO4. The molecule has 0 saturated heterocycles. The second kappa shape index (κ2) is 10.1. The first kappa shape index (κ1) is 27.4. The molecule has 0 radical (unpaired) electrons. The molecule has 5 nitrogen and oxygen atoms in total. The molecule has 0 N–H and O–H groups in total. The Morgan fingerprint density at radius 1 is 1.15 bits per heavy atom. The van der Waals surface area contributed by atoms with Gasteiger partial charge in [-0.1, -0.05) is 37.5 Å². The van der Waals surface area contributed by atoms with Crippen LogP contribution in [-0.4, -0.2) is 38.2 Å². The second-order valence-electron chi connectivity index (χ2n) is 12.5. The molecule has 0 bridgehead atoms. The van der Waals surface area contributed by atoms with Gasteiger partial charge in [-0.05, 0) is 97.1 Å². The molecule has 6 atom stereocenters. The quantitative estimate of drug-likeness (QED) is 0.345. The maximum absolute atomic E-state index is 13.9. The average Bonchev–Trinajstić information content (AvgIpc) is 3.20. The smallest absolute Gasteiger partial charge is 0.303 e.